The Morgan fingerprint density at radius 1 is 1.22 bits per heavy atom. The molecule has 0 aliphatic carbocycles. The van der Waals surface area contributed by atoms with Crippen LogP contribution in [0, 0.1) is 0 Å². The van der Waals surface area contributed by atoms with Gasteiger partial charge in [0.1, 0.15) is 0 Å². The average molecular weight is 371 g/mol. The molecule has 1 N–H and O–H groups in total. The minimum Gasteiger partial charge on any atom is -0.348 e. The predicted molar refractivity (Wildman–Crippen MR) is 91.8 cm³/mol. The van der Waals surface area contributed by atoms with E-state index in [2.05, 4.69) is 31.3 Å². The summed E-state index contributed by atoms with van der Waals surface area (Å²) in [5.74, 6) is -0.113. The van der Waals surface area contributed by atoms with Gasteiger partial charge in [-0.05, 0) is 29.8 Å². The van der Waals surface area contributed by atoms with Gasteiger partial charge in [-0.25, -0.2) is 0 Å². The van der Waals surface area contributed by atoms with Gasteiger partial charge in [0.25, 0.3) is 5.91 Å². The molecule has 0 saturated carbocycles. The van der Waals surface area contributed by atoms with Gasteiger partial charge in [0, 0.05) is 53.3 Å². The van der Waals surface area contributed by atoms with Crippen LogP contribution in [-0.4, -0.2) is 20.7 Å². The van der Waals surface area contributed by atoms with Gasteiger partial charge in [0.15, 0.2) is 0 Å². The number of amides is 1. The zero-order chi connectivity index (χ0) is 16.2. The van der Waals surface area contributed by atoms with E-state index >= 15 is 0 Å². The van der Waals surface area contributed by atoms with E-state index in [9.17, 15) is 4.79 Å². The molecule has 3 aromatic rings. The zero-order valence-corrected chi connectivity index (χ0v) is 14.1. The molecular formula is C17H15BrN4O. The van der Waals surface area contributed by atoms with Crippen molar-refractivity contribution in [2.45, 2.75) is 6.54 Å². The Labute approximate surface area is 142 Å². The molecule has 0 saturated heterocycles. The normalized spacial score (nSPS) is 10.5. The second-order valence-corrected chi connectivity index (χ2v) is 6.09. The third kappa shape index (κ3) is 3.84. The summed E-state index contributed by atoms with van der Waals surface area (Å²) in [6.45, 7) is 0.423. The molecule has 1 amide bonds. The van der Waals surface area contributed by atoms with Crippen LogP contribution in [0.15, 0.2) is 59.6 Å². The summed E-state index contributed by atoms with van der Waals surface area (Å²) in [4.78, 5) is 16.4. The van der Waals surface area contributed by atoms with Crippen molar-refractivity contribution < 1.29 is 4.79 Å². The van der Waals surface area contributed by atoms with Crippen LogP contribution in [-0.2, 0) is 13.6 Å². The Kier molecular flexibility index (Phi) is 4.52. The lowest BCUT2D eigenvalue weighted by Gasteiger charge is -2.07. The van der Waals surface area contributed by atoms with E-state index in [1.54, 1.807) is 35.4 Å². The van der Waals surface area contributed by atoms with Crippen LogP contribution in [0.5, 0.6) is 0 Å². The van der Waals surface area contributed by atoms with Gasteiger partial charge in [0.05, 0.1) is 6.20 Å². The highest BCUT2D eigenvalue weighted by molar-refractivity contribution is 9.10. The van der Waals surface area contributed by atoms with Crippen molar-refractivity contribution in [2.75, 3.05) is 0 Å². The smallest absolute Gasteiger partial charge is 0.251 e. The van der Waals surface area contributed by atoms with Crippen molar-refractivity contribution in [3.8, 4) is 11.1 Å². The molecule has 0 bridgehead atoms. The highest BCUT2D eigenvalue weighted by atomic mass is 79.9. The summed E-state index contributed by atoms with van der Waals surface area (Å²) in [6, 6.07) is 9.30. The van der Waals surface area contributed by atoms with Crippen LogP contribution in [0.25, 0.3) is 11.1 Å². The molecule has 0 atom stereocenters. The number of carbonyl (C=O) groups is 1. The molecule has 116 valence electrons. The van der Waals surface area contributed by atoms with E-state index in [0.29, 0.717) is 12.1 Å². The maximum absolute atomic E-state index is 12.2. The SMILES string of the molecule is Cn1cc(-c2cncc(CNC(=O)c3cccc(Br)c3)c2)cn1. The fourth-order valence-electron chi connectivity index (χ4n) is 2.23. The Morgan fingerprint density at radius 2 is 2.09 bits per heavy atom. The molecular weight excluding hydrogens is 356 g/mol. The summed E-state index contributed by atoms with van der Waals surface area (Å²) in [5.41, 5.74) is 3.54. The first-order valence-corrected chi connectivity index (χ1v) is 7.88. The lowest BCUT2D eigenvalue weighted by Crippen LogP contribution is -2.22. The fourth-order valence-corrected chi connectivity index (χ4v) is 2.63. The first kappa shape index (κ1) is 15.4. The summed E-state index contributed by atoms with van der Waals surface area (Å²) in [7, 11) is 1.87. The van der Waals surface area contributed by atoms with Crippen molar-refractivity contribution in [1.29, 1.82) is 0 Å². The predicted octanol–water partition coefficient (Wildman–Crippen LogP) is 3.17. The van der Waals surface area contributed by atoms with Crippen LogP contribution in [0.4, 0.5) is 0 Å². The van der Waals surface area contributed by atoms with E-state index in [4.69, 9.17) is 0 Å². The number of hydrogen-bond donors (Lipinski definition) is 1. The third-order valence-corrected chi connectivity index (χ3v) is 3.87. The van der Waals surface area contributed by atoms with Crippen molar-refractivity contribution in [1.82, 2.24) is 20.1 Å². The molecule has 23 heavy (non-hydrogen) atoms. The quantitative estimate of drug-likeness (QED) is 0.767. The largest absolute Gasteiger partial charge is 0.348 e. The second-order valence-electron chi connectivity index (χ2n) is 5.18. The molecule has 1 aromatic carbocycles. The van der Waals surface area contributed by atoms with Gasteiger partial charge in [-0.2, -0.15) is 5.10 Å². The number of aromatic nitrogens is 3. The first-order valence-electron chi connectivity index (χ1n) is 7.08. The summed E-state index contributed by atoms with van der Waals surface area (Å²) in [6.07, 6.45) is 7.26. The topological polar surface area (TPSA) is 59.8 Å². The number of halogens is 1. The molecule has 0 radical (unpaired) electrons. The number of aryl methyl sites for hydroxylation is 1. The number of carbonyl (C=O) groups excluding carboxylic acids is 1. The van der Waals surface area contributed by atoms with Crippen LogP contribution in [0.3, 0.4) is 0 Å². The molecule has 2 heterocycles. The highest BCUT2D eigenvalue weighted by Crippen LogP contribution is 2.18. The molecule has 0 fully saturated rings. The van der Waals surface area contributed by atoms with Gasteiger partial charge < -0.3 is 5.32 Å². The molecule has 2 aromatic heterocycles. The van der Waals surface area contributed by atoms with Crippen LogP contribution >= 0.6 is 15.9 Å². The van der Waals surface area contributed by atoms with E-state index in [-0.39, 0.29) is 5.91 Å². The van der Waals surface area contributed by atoms with Gasteiger partial charge in [-0.15, -0.1) is 0 Å². The second kappa shape index (κ2) is 6.75. The Bertz CT molecular complexity index is 844. The number of nitrogens with one attached hydrogen (secondary N) is 1. The number of hydrogen-bond acceptors (Lipinski definition) is 3. The van der Waals surface area contributed by atoms with Crippen molar-refractivity contribution in [3.63, 3.8) is 0 Å². The Hall–Kier alpha value is -2.47. The summed E-state index contributed by atoms with van der Waals surface area (Å²) < 4.78 is 2.63. The van der Waals surface area contributed by atoms with Crippen LogP contribution in [0.1, 0.15) is 15.9 Å². The van der Waals surface area contributed by atoms with Crippen molar-refractivity contribution in [3.05, 3.63) is 70.7 Å². The molecule has 0 unspecified atom stereocenters. The maximum Gasteiger partial charge on any atom is 0.251 e. The monoisotopic (exact) mass is 370 g/mol. The standard InChI is InChI=1S/C17H15BrN4O/c1-22-11-15(10-21-22)14-5-12(7-19-9-14)8-20-17(23)13-3-2-4-16(18)6-13/h2-7,9-11H,8H2,1H3,(H,20,23). The van der Waals surface area contributed by atoms with Gasteiger partial charge in [-0.3, -0.25) is 14.5 Å². The van der Waals surface area contributed by atoms with E-state index in [1.165, 1.54) is 0 Å². The zero-order valence-electron chi connectivity index (χ0n) is 12.5. The fraction of sp³-hybridized carbons (Fsp3) is 0.118. The van der Waals surface area contributed by atoms with Gasteiger partial charge in [0.2, 0.25) is 0 Å². The maximum atomic E-state index is 12.2. The lowest BCUT2D eigenvalue weighted by atomic mass is 10.1. The van der Waals surface area contributed by atoms with E-state index < -0.39 is 0 Å². The average Bonchev–Trinajstić information content (AvgIpc) is 2.99. The van der Waals surface area contributed by atoms with Crippen LogP contribution < -0.4 is 5.32 Å². The van der Waals surface area contributed by atoms with E-state index in [1.807, 2.05) is 31.4 Å². The Morgan fingerprint density at radius 3 is 2.83 bits per heavy atom. The van der Waals surface area contributed by atoms with Crippen LogP contribution in [0.2, 0.25) is 0 Å². The molecule has 6 heteroatoms. The summed E-state index contributed by atoms with van der Waals surface area (Å²) in [5, 5.41) is 7.07. The molecule has 5 nitrogen and oxygen atoms in total. The van der Waals surface area contributed by atoms with Gasteiger partial charge >= 0.3 is 0 Å². The van der Waals surface area contributed by atoms with E-state index in [0.717, 1.165) is 21.2 Å². The minimum atomic E-state index is -0.113. The number of benzene rings is 1. The molecule has 3 rings (SSSR count). The number of nitrogens with zero attached hydrogens (tertiary/aromatic N) is 3. The number of pyridine rings is 1. The summed E-state index contributed by atoms with van der Waals surface area (Å²) >= 11 is 3.37. The highest BCUT2D eigenvalue weighted by Gasteiger charge is 2.07. The van der Waals surface area contributed by atoms with Crippen molar-refractivity contribution in [2.24, 2.45) is 7.05 Å². The third-order valence-electron chi connectivity index (χ3n) is 3.37. The van der Waals surface area contributed by atoms with Gasteiger partial charge in [-0.1, -0.05) is 22.0 Å². The first-order chi connectivity index (χ1) is 11.1. The minimum absolute atomic E-state index is 0.113. The van der Waals surface area contributed by atoms with Crippen molar-refractivity contribution >= 4 is 21.8 Å². The molecule has 0 spiro atoms. The number of rotatable bonds is 4. The molecule has 0 aliphatic rings. The molecule has 0 aliphatic heterocycles. The lowest BCUT2D eigenvalue weighted by molar-refractivity contribution is 0.0951. The Balaban J connectivity index is 1.70.